The first-order chi connectivity index (χ1) is 6.55. The number of Topliss-reactive ketones (excluding diaryl/α,β-unsaturated/α-hetero) is 2. The number of carbonyl (C=O) groups excluding carboxylic acids is 2. The van der Waals surface area contributed by atoms with E-state index in [1.165, 1.54) is 0 Å². The Kier molecular flexibility index (Phi) is 2.84. The fourth-order valence-electron chi connectivity index (χ4n) is 1.89. The van der Waals surface area contributed by atoms with Crippen molar-refractivity contribution >= 4 is 11.6 Å². The van der Waals surface area contributed by atoms with Crippen LogP contribution in [-0.4, -0.2) is 11.6 Å². The van der Waals surface area contributed by atoms with Gasteiger partial charge in [0.1, 0.15) is 11.6 Å². The standard InChI is InChI=1S/C13H22O2/c1-12(2,3)10(14)8-7-9(8)11(15)13(4,5)6/h8-9H,7H2,1-6H3. The van der Waals surface area contributed by atoms with Gasteiger partial charge in [-0.2, -0.15) is 0 Å². The first-order valence-corrected chi connectivity index (χ1v) is 5.64. The van der Waals surface area contributed by atoms with Crippen molar-refractivity contribution in [2.24, 2.45) is 22.7 Å². The molecule has 0 heterocycles. The van der Waals surface area contributed by atoms with Gasteiger partial charge in [0.05, 0.1) is 0 Å². The Morgan fingerprint density at radius 1 is 0.800 bits per heavy atom. The third-order valence-electron chi connectivity index (χ3n) is 2.94. The zero-order valence-electron chi connectivity index (χ0n) is 10.7. The molecule has 2 nitrogen and oxygen atoms in total. The number of ketones is 2. The van der Waals surface area contributed by atoms with Crippen LogP contribution in [-0.2, 0) is 9.59 Å². The molecule has 0 aliphatic heterocycles. The van der Waals surface area contributed by atoms with Crippen molar-refractivity contribution in [3.8, 4) is 0 Å². The second kappa shape index (κ2) is 3.43. The summed E-state index contributed by atoms with van der Waals surface area (Å²) in [6, 6.07) is 0. The quantitative estimate of drug-likeness (QED) is 0.702. The summed E-state index contributed by atoms with van der Waals surface area (Å²) in [6.45, 7) is 11.5. The molecule has 15 heavy (non-hydrogen) atoms. The van der Waals surface area contributed by atoms with Crippen LogP contribution in [0.2, 0.25) is 0 Å². The topological polar surface area (TPSA) is 34.1 Å². The van der Waals surface area contributed by atoms with E-state index in [4.69, 9.17) is 0 Å². The molecule has 0 amide bonds. The van der Waals surface area contributed by atoms with Crippen LogP contribution >= 0.6 is 0 Å². The molecule has 2 atom stereocenters. The van der Waals surface area contributed by atoms with Crippen LogP contribution in [0.25, 0.3) is 0 Å². The van der Waals surface area contributed by atoms with Gasteiger partial charge in [0.15, 0.2) is 0 Å². The van der Waals surface area contributed by atoms with E-state index in [9.17, 15) is 9.59 Å². The van der Waals surface area contributed by atoms with Crippen LogP contribution < -0.4 is 0 Å². The lowest BCUT2D eigenvalue weighted by molar-refractivity contribution is -0.132. The van der Waals surface area contributed by atoms with Crippen LogP contribution in [0, 0.1) is 22.7 Å². The highest BCUT2D eigenvalue weighted by atomic mass is 16.1. The van der Waals surface area contributed by atoms with Gasteiger partial charge in [0.25, 0.3) is 0 Å². The average molecular weight is 210 g/mol. The van der Waals surface area contributed by atoms with Gasteiger partial charge in [-0.25, -0.2) is 0 Å². The Balaban J connectivity index is 2.63. The number of carbonyl (C=O) groups is 2. The zero-order valence-corrected chi connectivity index (χ0v) is 10.7. The number of hydrogen-bond acceptors (Lipinski definition) is 2. The summed E-state index contributed by atoms with van der Waals surface area (Å²) in [5.41, 5.74) is -0.616. The lowest BCUT2D eigenvalue weighted by Crippen LogP contribution is -2.27. The fourth-order valence-corrected chi connectivity index (χ4v) is 1.89. The molecule has 0 saturated heterocycles. The van der Waals surface area contributed by atoms with Crippen molar-refractivity contribution < 1.29 is 9.59 Å². The highest BCUT2D eigenvalue weighted by Gasteiger charge is 2.52. The van der Waals surface area contributed by atoms with E-state index in [1.807, 2.05) is 41.5 Å². The molecule has 1 rings (SSSR count). The van der Waals surface area contributed by atoms with Gasteiger partial charge in [-0.15, -0.1) is 0 Å². The maximum Gasteiger partial charge on any atom is 0.142 e. The molecule has 0 spiro atoms. The summed E-state index contributed by atoms with van der Waals surface area (Å²) < 4.78 is 0. The van der Waals surface area contributed by atoms with Gasteiger partial charge < -0.3 is 0 Å². The molecule has 0 aromatic rings. The minimum atomic E-state index is -0.308. The molecule has 0 aromatic heterocycles. The molecule has 0 radical (unpaired) electrons. The largest absolute Gasteiger partial charge is 0.299 e. The van der Waals surface area contributed by atoms with Crippen LogP contribution in [0.15, 0.2) is 0 Å². The van der Waals surface area contributed by atoms with Crippen molar-refractivity contribution in [2.75, 3.05) is 0 Å². The van der Waals surface area contributed by atoms with E-state index in [1.54, 1.807) is 0 Å². The van der Waals surface area contributed by atoms with Gasteiger partial charge in [0.2, 0.25) is 0 Å². The summed E-state index contributed by atoms with van der Waals surface area (Å²) in [5, 5.41) is 0. The maximum atomic E-state index is 11.9. The van der Waals surface area contributed by atoms with E-state index in [0.29, 0.717) is 0 Å². The molecule has 2 heteroatoms. The van der Waals surface area contributed by atoms with Crippen LogP contribution in [0.4, 0.5) is 0 Å². The van der Waals surface area contributed by atoms with Gasteiger partial charge >= 0.3 is 0 Å². The smallest absolute Gasteiger partial charge is 0.142 e. The zero-order chi connectivity index (χ0) is 12.0. The van der Waals surface area contributed by atoms with Crippen molar-refractivity contribution in [3.63, 3.8) is 0 Å². The van der Waals surface area contributed by atoms with Crippen molar-refractivity contribution in [1.29, 1.82) is 0 Å². The first kappa shape index (κ1) is 12.4. The van der Waals surface area contributed by atoms with Crippen LogP contribution in [0.3, 0.4) is 0 Å². The summed E-state index contributed by atoms with van der Waals surface area (Å²) in [4.78, 5) is 23.8. The predicted octanol–water partition coefficient (Wildman–Crippen LogP) is 2.85. The summed E-state index contributed by atoms with van der Waals surface area (Å²) in [5.74, 6) is 0.476. The fraction of sp³-hybridized carbons (Fsp3) is 0.846. The second-order valence-electron chi connectivity index (χ2n) is 6.68. The molecule has 1 saturated carbocycles. The third-order valence-corrected chi connectivity index (χ3v) is 2.94. The van der Waals surface area contributed by atoms with E-state index in [0.717, 1.165) is 6.42 Å². The minimum Gasteiger partial charge on any atom is -0.299 e. The molecule has 86 valence electrons. The highest BCUT2D eigenvalue weighted by molar-refractivity contribution is 5.98. The summed E-state index contributed by atoms with van der Waals surface area (Å²) in [6.07, 6.45) is 0.770. The molecular weight excluding hydrogens is 188 g/mol. The normalized spacial score (nSPS) is 26.3. The van der Waals surface area contributed by atoms with E-state index in [-0.39, 0.29) is 34.2 Å². The number of rotatable bonds is 2. The average Bonchev–Trinajstić information content (AvgIpc) is 2.76. The van der Waals surface area contributed by atoms with Crippen LogP contribution in [0.1, 0.15) is 48.0 Å². The Morgan fingerprint density at radius 2 is 1.07 bits per heavy atom. The SMILES string of the molecule is CC(C)(C)C(=O)C1CC1C(=O)C(C)(C)C. The van der Waals surface area contributed by atoms with E-state index in [2.05, 4.69) is 0 Å². The first-order valence-electron chi connectivity index (χ1n) is 5.64. The molecule has 1 aliphatic rings. The maximum absolute atomic E-state index is 11.9. The van der Waals surface area contributed by atoms with Gasteiger partial charge in [-0.3, -0.25) is 9.59 Å². The Hall–Kier alpha value is -0.660. The van der Waals surface area contributed by atoms with Gasteiger partial charge in [-0.05, 0) is 6.42 Å². The number of hydrogen-bond donors (Lipinski definition) is 0. The molecule has 0 N–H and O–H groups in total. The lowest BCUT2D eigenvalue weighted by Gasteiger charge is -2.19. The van der Waals surface area contributed by atoms with Crippen LogP contribution in [0.5, 0.6) is 0 Å². The van der Waals surface area contributed by atoms with Crippen molar-refractivity contribution in [1.82, 2.24) is 0 Å². The molecule has 0 bridgehead atoms. The Morgan fingerprint density at radius 3 is 1.27 bits per heavy atom. The monoisotopic (exact) mass is 210 g/mol. The van der Waals surface area contributed by atoms with Gasteiger partial charge in [-0.1, -0.05) is 41.5 Å². The molecule has 2 unspecified atom stereocenters. The van der Waals surface area contributed by atoms with Gasteiger partial charge in [0, 0.05) is 22.7 Å². The molecule has 1 aliphatic carbocycles. The second-order valence-corrected chi connectivity index (χ2v) is 6.68. The van der Waals surface area contributed by atoms with Crippen molar-refractivity contribution in [3.05, 3.63) is 0 Å². The Labute approximate surface area is 92.4 Å². The molecule has 0 aromatic carbocycles. The summed E-state index contributed by atoms with van der Waals surface area (Å²) in [7, 11) is 0. The third kappa shape index (κ3) is 2.67. The van der Waals surface area contributed by atoms with E-state index >= 15 is 0 Å². The minimum absolute atomic E-state index is 0.00303. The highest BCUT2D eigenvalue weighted by Crippen LogP contribution is 2.47. The Bertz CT molecular complexity index is 259. The van der Waals surface area contributed by atoms with E-state index < -0.39 is 0 Å². The lowest BCUT2D eigenvalue weighted by atomic mass is 9.83. The molecule has 1 fully saturated rings. The molecular formula is C13H22O2. The summed E-state index contributed by atoms with van der Waals surface area (Å²) >= 11 is 0. The predicted molar refractivity (Wildman–Crippen MR) is 60.5 cm³/mol. The van der Waals surface area contributed by atoms with Crippen molar-refractivity contribution in [2.45, 2.75) is 48.0 Å².